The second kappa shape index (κ2) is 31.0. The van der Waals surface area contributed by atoms with Crippen LogP contribution in [0.5, 0.6) is 0 Å². The highest BCUT2D eigenvalue weighted by Gasteiger charge is 1.79. The van der Waals surface area contributed by atoms with E-state index in [2.05, 4.69) is 13.5 Å². The third kappa shape index (κ3) is 33.2. The van der Waals surface area contributed by atoms with E-state index in [0.717, 1.165) is 13.0 Å². The van der Waals surface area contributed by atoms with Gasteiger partial charge in [-0.05, 0) is 6.42 Å². The number of hydrogen-bond acceptors (Lipinski definition) is 1. The summed E-state index contributed by atoms with van der Waals surface area (Å²) in [6.45, 7) is 15.3. The van der Waals surface area contributed by atoms with Crippen LogP contribution in [0.15, 0.2) is 12.7 Å². The summed E-state index contributed by atoms with van der Waals surface area (Å²) < 4.78 is 5.11. The molecule has 0 aromatic rings. The molecular weight excluding hydrogens is 148 g/mol. The first-order chi connectivity index (χ1) is 5.91. The van der Waals surface area contributed by atoms with Crippen molar-refractivity contribution < 1.29 is 4.74 Å². The van der Waals surface area contributed by atoms with Gasteiger partial charge in [0.1, 0.15) is 0 Å². The second-order valence-corrected chi connectivity index (χ2v) is 1.72. The summed E-state index contributed by atoms with van der Waals surface area (Å²) in [6, 6.07) is 0. The predicted molar refractivity (Wildman–Crippen MR) is 58.6 cm³/mol. The standard InChI is InChI=1S/C7H14O.2C2H6/c1-3-5-7-8-6-4-2;2*1-2/h4H,2-3,5-7H2,1H3;2*1-2H3. The molecule has 76 valence electrons. The zero-order valence-corrected chi connectivity index (χ0v) is 9.52. The molecule has 0 aromatic carbocycles. The maximum absolute atomic E-state index is 5.11. The van der Waals surface area contributed by atoms with Crippen LogP contribution >= 0.6 is 0 Å². The molecule has 0 N–H and O–H groups in total. The Morgan fingerprint density at radius 2 is 1.67 bits per heavy atom. The lowest BCUT2D eigenvalue weighted by Gasteiger charge is -1.95. The summed E-state index contributed by atoms with van der Waals surface area (Å²) in [4.78, 5) is 0. The van der Waals surface area contributed by atoms with E-state index in [1.54, 1.807) is 6.08 Å². The molecule has 0 spiro atoms. The topological polar surface area (TPSA) is 9.23 Å². The number of ether oxygens (including phenoxy) is 1. The molecule has 0 saturated carbocycles. The summed E-state index contributed by atoms with van der Waals surface area (Å²) in [5, 5.41) is 0. The van der Waals surface area contributed by atoms with Crippen LogP contribution in [0.4, 0.5) is 0 Å². The maximum atomic E-state index is 5.11. The van der Waals surface area contributed by atoms with Crippen molar-refractivity contribution >= 4 is 0 Å². The van der Waals surface area contributed by atoms with Gasteiger partial charge in [-0.25, -0.2) is 0 Å². The van der Waals surface area contributed by atoms with Crippen LogP contribution < -0.4 is 0 Å². The minimum Gasteiger partial charge on any atom is -0.377 e. The molecule has 0 radical (unpaired) electrons. The van der Waals surface area contributed by atoms with Crippen molar-refractivity contribution in [3.05, 3.63) is 12.7 Å². The number of rotatable bonds is 5. The van der Waals surface area contributed by atoms with Crippen molar-refractivity contribution in [2.75, 3.05) is 13.2 Å². The van der Waals surface area contributed by atoms with Gasteiger partial charge in [-0.1, -0.05) is 47.1 Å². The summed E-state index contributed by atoms with van der Waals surface area (Å²) in [5.74, 6) is 0. The molecular formula is C11H26O. The number of unbranched alkanes of at least 4 members (excludes halogenated alkanes) is 1. The minimum absolute atomic E-state index is 0.694. The maximum Gasteiger partial charge on any atom is 0.0644 e. The fourth-order valence-electron chi connectivity index (χ4n) is 0.413. The van der Waals surface area contributed by atoms with Crippen molar-refractivity contribution in [3.8, 4) is 0 Å². The van der Waals surface area contributed by atoms with Gasteiger partial charge in [0.15, 0.2) is 0 Å². The first-order valence-corrected chi connectivity index (χ1v) is 5.10. The van der Waals surface area contributed by atoms with E-state index >= 15 is 0 Å². The Morgan fingerprint density at radius 1 is 1.17 bits per heavy atom. The van der Waals surface area contributed by atoms with E-state index in [1.807, 2.05) is 27.7 Å². The third-order valence-electron chi connectivity index (χ3n) is 0.878. The van der Waals surface area contributed by atoms with E-state index < -0.39 is 0 Å². The predicted octanol–water partition coefficient (Wildman–Crippen LogP) is 4.04. The molecule has 0 fully saturated rings. The lowest BCUT2D eigenvalue weighted by Crippen LogP contribution is -1.91. The van der Waals surface area contributed by atoms with E-state index in [9.17, 15) is 0 Å². The van der Waals surface area contributed by atoms with E-state index in [4.69, 9.17) is 4.74 Å². The Morgan fingerprint density at radius 3 is 2.00 bits per heavy atom. The summed E-state index contributed by atoms with van der Waals surface area (Å²) in [7, 11) is 0. The van der Waals surface area contributed by atoms with Gasteiger partial charge in [0, 0.05) is 6.61 Å². The van der Waals surface area contributed by atoms with Gasteiger partial charge in [0.25, 0.3) is 0 Å². The average Bonchev–Trinajstić information content (AvgIpc) is 2.19. The van der Waals surface area contributed by atoms with Crippen molar-refractivity contribution in [1.82, 2.24) is 0 Å². The van der Waals surface area contributed by atoms with Crippen molar-refractivity contribution in [1.29, 1.82) is 0 Å². The van der Waals surface area contributed by atoms with Crippen LogP contribution in [0.1, 0.15) is 47.5 Å². The molecule has 0 aromatic heterocycles. The van der Waals surface area contributed by atoms with Gasteiger partial charge in [-0.2, -0.15) is 0 Å². The Balaban J connectivity index is -0.000000175. The third-order valence-corrected chi connectivity index (χ3v) is 0.878. The van der Waals surface area contributed by atoms with Gasteiger partial charge in [-0.3, -0.25) is 0 Å². The van der Waals surface area contributed by atoms with Gasteiger partial charge in [0.2, 0.25) is 0 Å². The van der Waals surface area contributed by atoms with Crippen LogP contribution in [0, 0.1) is 0 Å². The number of hydrogen-bond donors (Lipinski definition) is 0. The normalized spacial score (nSPS) is 7.08. The van der Waals surface area contributed by atoms with Crippen LogP contribution in [-0.2, 0) is 4.74 Å². The van der Waals surface area contributed by atoms with Crippen LogP contribution in [0.2, 0.25) is 0 Å². The van der Waals surface area contributed by atoms with E-state index in [1.165, 1.54) is 6.42 Å². The monoisotopic (exact) mass is 174 g/mol. The highest BCUT2D eigenvalue weighted by Crippen LogP contribution is 1.86. The lowest BCUT2D eigenvalue weighted by molar-refractivity contribution is 0.159. The Kier molecular flexibility index (Phi) is 45.7. The fraction of sp³-hybridized carbons (Fsp3) is 0.818. The lowest BCUT2D eigenvalue weighted by atomic mass is 10.4. The Hall–Kier alpha value is -0.300. The molecule has 0 unspecified atom stereocenters. The van der Waals surface area contributed by atoms with E-state index in [0.29, 0.717) is 6.61 Å². The van der Waals surface area contributed by atoms with Crippen LogP contribution in [-0.4, -0.2) is 13.2 Å². The smallest absolute Gasteiger partial charge is 0.0644 e. The summed E-state index contributed by atoms with van der Waals surface area (Å²) >= 11 is 0. The highest BCUT2D eigenvalue weighted by molar-refractivity contribution is 4.63. The Bertz CT molecular complexity index is 51.0. The molecule has 1 nitrogen and oxygen atoms in total. The minimum atomic E-state index is 0.694. The second-order valence-electron chi connectivity index (χ2n) is 1.72. The molecule has 0 amide bonds. The van der Waals surface area contributed by atoms with Gasteiger partial charge >= 0.3 is 0 Å². The summed E-state index contributed by atoms with van der Waals surface area (Å²) in [5.41, 5.74) is 0. The molecule has 0 bridgehead atoms. The quantitative estimate of drug-likeness (QED) is 0.451. The fourth-order valence-corrected chi connectivity index (χ4v) is 0.413. The molecule has 0 saturated heterocycles. The van der Waals surface area contributed by atoms with Crippen LogP contribution in [0.3, 0.4) is 0 Å². The van der Waals surface area contributed by atoms with Crippen molar-refractivity contribution in [2.24, 2.45) is 0 Å². The molecule has 0 aliphatic carbocycles. The first-order valence-electron chi connectivity index (χ1n) is 5.10. The largest absolute Gasteiger partial charge is 0.377 e. The molecule has 0 aliphatic heterocycles. The van der Waals surface area contributed by atoms with Crippen LogP contribution in [0.25, 0.3) is 0 Å². The SMILES string of the molecule is C=CCOCCCC.CC.CC. The van der Waals surface area contributed by atoms with E-state index in [-0.39, 0.29) is 0 Å². The molecule has 0 heterocycles. The van der Waals surface area contributed by atoms with Crippen molar-refractivity contribution in [2.45, 2.75) is 47.5 Å². The molecule has 0 atom stereocenters. The average molecular weight is 174 g/mol. The zero-order chi connectivity index (χ0) is 10.2. The zero-order valence-electron chi connectivity index (χ0n) is 9.52. The Labute approximate surface area is 78.8 Å². The van der Waals surface area contributed by atoms with Crippen molar-refractivity contribution in [3.63, 3.8) is 0 Å². The first kappa shape index (κ1) is 17.7. The molecule has 0 aliphatic rings. The summed E-state index contributed by atoms with van der Waals surface area (Å²) in [6.07, 6.45) is 4.14. The molecule has 0 rings (SSSR count). The van der Waals surface area contributed by atoms with Gasteiger partial charge in [-0.15, -0.1) is 6.58 Å². The molecule has 1 heteroatoms. The highest BCUT2D eigenvalue weighted by atomic mass is 16.5. The van der Waals surface area contributed by atoms with Gasteiger partial charge in [0.05, 0.1) is 6.61 Å². The van der Waals surface area contributed by atoms with Gasteiger partial charge < -0.3 is 4.74 Å². The molecule has 12 heavy (non-hydrogen) atoms.